The lowest BCUT2D eigenvalue weighted by Gasteiger charge is -1.99. The predicted molar refractivity (Wildman–Crippen MR) is 63.0 cm³/mol. The molecule has 0 bridgehead atoms. The van der Waals surface area contributed by atoms with E-state index in [1.165, 1.54) is 0 Å². The van der Waals surface area contributed by atoms with Gasteiger partial charge in [-0.1, -0.05) is 6.07 Å². The van der Waals surface area contributed by atoms with Crippen LogP contribution >= 0.6 is 22.6 Å². The molecule has 0 aliphatic heterocycles. The van der Waals surface area contributed by atoms with Gasteiger partial charge in [0.05, 0.1) is 5.52 Å². The van der Waals surface area contributed by atoms with Crippen molar-refractivity contribution < 1.29 is 4.79 Å². The van der Waals surface area contributed by atoms with E-state index in [9.17, 15) is 4.79 Å². The Kier molecular flexibility index (Phi) is 2.37. The van der Waals surface area contributed by atoms with E-state index in [0.29, 0.717) is 5.56 Å². The van der Waals surface area contributed by atoms with Gasteiger partial charge in [0.2, 0.25) is 5.91 Å². The van der Waals surface area contributed by atoms with Crippen LogP contribution in [0.25, 0.3) is 10.9 Å². The van der Waals surface area contributed by atoms with Gasteiger partial charge in [-0.15, -0.1) is 0 Å². The first-order valence-corrected chi connectivity index (χ1v) is 5.11. The molecule has 3 nitrogen and oxygen atoms in total. The first-order chi connectivity index (χ1) is 6.66. The highest BCUT2D eigenvalue weighted by Gasteiger charge is 2.02. The molecule has 4 heteroatoms. The van der Waals surface area contributed by atoms with E-state index in [4.69, 9.17) is 5.73 Å². The number of pyridine rings is 1. The molecule has 2 aromatic rings. The van der Waals surface area contributed by atoms with Gasteiger partial charge >= 0.3 is 0 Å². The van der Waals surface area contributed by atoms with Crippen molar-refractivity contribution >= 4 is 39.4 Å². The molecule has 2 rings (SSSR count). The normalized spacial score (nSPS) is 10.4. The molecule has 2 N–H and O–H groups in total. The van der Waals surface area contributed by atoms with Crippen LogP contribution in [0, 0.1) is 3.70 Å². The number of nitrogens with two attached hydrogens (primary N) is 1. The Morgan fingerprint density at radius 1 is 1.29 bits per heavy atom. The molecule has 1 heterocycles. The molecule has 70 valence electrons. The number of amides is 1. The van der Waals surface area contributed by atoms with Crippen molar-refractivity contribution in [2.45, 2.75) is 0 Å². The molecule has 0 fully saturated rings. The number of rotatable bonds is 1. The second-order valence-electron chi connectivity index (χ2n) is 2.91. The van der Waals surface area contributed by atoms with Gasteiger partial charge in [-0.2, -0.15) is 0 Å². The van der Waals surface area contributed by atoms with Crippen molar-refractivity contribution in [2.24, 2.45) is 5.73 Å². The maximum Gasteiger partial charge on any atom is 0.248 e. The average Bonchev–Trinajstić information content (AvgIpc) is 2.16. The van der Waals surface area contributed by atoms with Gasteiger partial charge in [-0.25, -0.2) is 4.98 Å². The van der Waals surface area contributed by atoms with E-state index in [-0.39, 0.29) is 0 Å². The van der Waals surface area contributed by atoms with E-state index in [0.717, 1.165) is 14.6 Å². The lowest BCUT2D eigenvalue weighted by atomic mass is 10.1. The van der Waals surface area contributed by atoms with Gasteiger partial charge in [-0.3, -0.25) is 4.79 Å². The minimum absolute atomic E-state index is 0.412. The summed E-state index contributed by atoms with van der Waals surface area (Å²) in [6, 6.07) is 9.07. The second kappa shape index (κ2) is 3.53. The molecule has 0 atom stereocenters. The third-order valence-electron chi connectivity index (χ3n) is 1.94. The smallest absolute Gasteiger partial charge is 0.248 e. The van der Waals surface area contributed by atoms with Gasteiger partial charge in [0.25, 0.3) is 0 Å². The molecule has 0 unspecified atom stereocenters. The second-order valence-corrected chi connectivity index (χ2v) is 4.01. The first-order valence-electron chi connectivity index (χ1n) is 4.03. The van der Waals surface area contributed by atoms with Crippen LogP contribution in [0.4, 0.5) is 0 Å². The fraction of sp³-hybridized carbons (Fsp3) is 0. The third-order valence-corrected chi connectivity index (χ3v) is 2.54. The van der Waals surface area contributed by atoms with Gasteiger partial charge in [-0.05, 0) is 46.9 Å². The van der Waals surface area contributed by atoms with Crippen LogP contribution in [0.3, 0.4) is 0 Å². The van der Waals surface area contributed by atoms with E-state index in [1.54, 1.807) is 18.2 Å². The molecule has 0 saturated carbocycles. The van der Waals surface area contributed by atoms with Crippen molar-refractivity contribution in [3.05, 3.63) is 39.6 Å². The van der Waals surface area contributed by atoms with Crippen LogP contribution < -0.4 is 5.73 Å². The summed E-state index contributed by atoms with van der Waals surface area (Å²) in [4.78, 5) is 15.2. The molecule has 14 heavy (non-hydrogen) atoms. The summed E-state index contributed by atoms with van der Waals surface area (Å²) in [6.07, 6.45) is 0. The van der Waals surface area contributed by atoms with Crippen LogP contribution in [0.1, 0.15) is 10.4 Å². The van der Waals surface area contributed by atoms with Crippen molar-refractivity contribution in [3.8, 4) is 0 Å². The summed E-state index contributed by atoms with van der Waals surface area (Å²) in [5, 5.41) is 0.932. The SMILES string of the molecule is NC(=O)c1ccc2nc(I)ccc2c1. The minimum Gasteiger partial charge on any atom is -0.366 e. The molecule has 0 saturated heterocycles. The molecule has 0 spiro atoms. The lowest BCUT2D eigenvalue weighted by molar-refractivity contribution is 0.100. The number of carbonyl (C=O) groups is 1. The van der Waals surface area contributed by atoms with Gasteiger partial charge in [0.15, 0.2) is 0 Å². The largest absolute Gasteiger partial charge is 0.366 e. The fourth-order valence-corrected chi connectivity index (χ4v) is 1.69. The molecule has 0 radical (unpaired) electrons. The topological polar surface area (TPSA) is 56.0 Å². The van der Waals surface area contributed by atoms with Crippen molar-refractivity contribution in [3.63, 3.8) is 0 Å². The Morgan fingerprint density at radius 3 is 2.79 bits per heavy atom. The fourth-order valence-electron chi connectivity index (χ4n) is 1.25. The molecule has 0 aliphatic rings. The third kappa shape index (κ3) is 1.70. The quantitative estimate of drug-likeness (QED) is 0.646. The molecule has 1 amide bonds. The molecule has 1 aromatic carbocycles. The predicted octanol–water partition coefficient (Wildman–Crippen LogP) is 1.94. The first kappa shape index (κ1) is 9.39. The number of primary amides is 1. The van der Waals surface area contributed by atoms with E-state index < -0.39 is 5.91 Å². The van der Waals surface area contributed by atoms with E-state index >= 15 is 0 Å². The van der Waals surface area contributed by atoms with Crippen LogP contribution in [0.5, 0.6) is 0 Å². The standard InChI is InChI=1S/C10H7IN2O/c11-9-4-2-6-5-7(10(12)14)1-3-8(6)13-9/h1-5H,(H2,12,14). The zero-order chi connectivity index (χ0) is 10.1. The summed E-state index contributed by atoms with van der Waals surface area (Å²) in [5.41, 5.74) is 6.56. The summed E-state index contributed by atoms with van der Waals surface area (Å²) in [5.74, 6) is -0.412. The number of hydrogen-bond donors (Lipinski definition) is 1. The lowest BCUT2D eigenvalue weighted by Crippen LogP contribution is -2.10. The van der Waals surface area contributed by atoms with Crippen LogP contribution in [-0.4, -0.2) is 10.9 Å². The van der Waals surface area contributed by atoms with Crippen molar-refractivity contribution in [2.75, 3.05) is 0 Å². The maximum absolute atomic E-state index is 10.9. The number of halogens is 1. The number of hydrogen-bond acceptors (Lipinski definition) is 2. The number of carbonyl (C=O) groups excluding carboxylic acids is 1. The molecular weight excluding hydrogens is 291 g/mol. The number of nitrogens with zero attached hydrogens (tertiary/aromatic N) is 1. The van der Waals surface area contributed by atoms with Crippen molar-refractivity contribution in [1.82, 2.24) is 4.98 Å². The zero-order valence-corrected chi connectivity index (χ0v) is 9.36. The molecular formula is C10H7IN2O. The Balaban J connectivity index is 2.67. The van der Waals surface area contributed by atoms with Crippen LogP contribution in [-0.2, 0) is 0 Å². The number of fused-ring (bicyclic) bond motifs is 1. The highest BCUT2D eigenvalue weighted by molar-refractivity contribution is 14.1. The van der Waals surface area contributed by atoms with Crippen LogP contribution in [0.15, 0.2) is 30.3 Å². The summed E-state index contributed by atoms with van der Waals surface area (Å²) >= 11 is 2.15. The van der Waals surface area contributed by atoms with E-state index in [1.807, 2.05) is 12.1 Å². The van der Waals surface area contributed by atoms with Gasteiger partial charge in [0.1, 0.15) is 3.70 Å². The highest BCUT2D eigenvalue weighted by atomic mass is 127. The Morgan fingerprint density at radius 2 is 2.07 bits per heavy atom. The Hall–Kier alpha value is -1.17. The van der Waals surface area contributed by atoms with Crippen molar-refractivity contribution in [1.29, 1.82) is 0 Å². The monoisotopic (exact) mass is 298 g/mol. The minimum atomic E-state index is -0.412. The van der Waals surface area contributed by atoms with Crippen LogP contribution in [0.2, 0.25) is 0 Å². The average molecular weight is 298 g/mol. The Bertz CT molecular complexity index is 510. The Labute approximate surface area is 94.5 Å². The summed E-state index contributed by atoms with van der Waals surface area (Å²) in [6.45, 7) is 0. The van der Waals surface area contributed by atoms with Gasteiger partial charge < -0.3 is 5.73 Å². The number of benzene rings is 1. The van der Waals surface area contributed by atoms with E-state index in [2.05, 4.69) is 27.6 Å². The molecule has 0 aliphatic carbocycles. The summed E-state index contributed by atoms with van der Waals surface area (Å²) in [7, 11) is 0. The zero-order valence-electron chi connectivity index (χ0n) is 7.20. The highest BCUT2D eigenvalue weighted by Crippen LogP contribution is 2.15. The molecule has 1 aromatic heterocycles. The van der Waals surface area contributed by atoms with Gasteiger partial charge in [0, 0.05) is 10.9 Å². The number of aromatic nitrogens is 1. The maximum atomic E-state index is 10.9. The summed E-state index contributed by atoms with van der Waals surface area (Å²) < 4.78 is 0.932.